The Morgan fingerprint density at radius 1 is 1.46 bits per heavy atom. The number of aliphatic hydroxyl groups excluding tert-OH is 2. The molecule has 0 bridgehead atoms. The largest absolute Gasteiger partial charge is 0.392 e. The van der Waals surface area contributed by atoms with Gasteiger partial charge in [-0.15, -0.1) is 0 Å². The van der Waals surface area contributed by atoms with Crippen molar-refractivity contribution in [3.63, 3.8) is 0 Å². The van der Waals surface area contributed by atoms with Crippen LogP contribution >= 0.6 is 0 Å². The summed E-state index contributed by atoms with van der Waals surface area (Å²) >= 11 is 0. The van der Waals surface area contributed by atoms with Gasteiger partial charge in [0.15, 0.2) is 0 Å². The first-order chi connectivity index (χ1) is 5.88. The molecule has 0 aromatic heterocycles. The van der Waals surface area contributed by atoms with Gasteiger partial charge in [0.1, 0.15) is 0 Å². The molecular weight excluding hydrogens is 168 g/mol. The first-order valence-electron chi connectivity index (χ1n) is 4.55. The van der Waals surface area contributed by atoms with Crippen molar-refractivity contribution in [3.05, 3.63) is 11.6 Å². The molecule has 0 aliphatic heterocycles. The minimum Gasteiger partial charge on any atom is -0.392 e. The first-order valence-corrected chi connectivity index (χ1v) is 4.55. The maximum absolute atomic E-state index is 9.46. The molecule has 0 heterocycles. The third kappa shape index (κ3) is 5.80. The standard InChI is InChI=1S/C10H20O3/c1-8(6-7-11)4-5-9(12)10(2,3)13/h6,9,11-13H,4-5,7H2,1-3H3/b8-6+/t9-/m0/s1. The average Bonchev–Trinajstić information content (AvgIpc) is 1.99. The van der Waals surface area contributed by atoms with Gasteiger partial charge in [0.2, 0.25) is 0 Å². The molecule has 3 nitrogen and oxygen atoms in total. The second-order valence-electron chi connectivity index (χ2n) is 3.94. The van der Waals surface area contributed by atoms with Crippen LogP contribution in [0.5, 0.6) is 0 Å². The van der Waals surface area contributed by atoms with E-state index in [0.29, 0.717) is 12.8 Å². The number of aliphatic hydroxyl groups is 3. The van der Waals surface area contributed by atoms with Crippen molar-refractivity contribution in [2.45, 2.75) is 45.3 Å². The average molecular weight is 188 g/mol. The van der Waals surface area contributed by atoms with E-state index in [2.05, 4.69) is 0 Å². The fraction of sp³-hybridized carbons (Fsp3) is 0.800. The van der Waals surface area contributed by atoms with Gasteiger partial charge in [0.05, 0.1) is 18.3 Å². The zero-order chi connectivity index (χ0) is 10.5. The van der Waals surface area contributed by atoms with E-state index in [0.717, 1.165) is 5.57 Å². The fourth-order valence-corrected chi connectivity index (χ4v) is 0.976. The van der Waals surface area contributed by atoms with E-state index >= 15 is 0 Å². The van der Waals surface area contributed by atoms with Gasteiger partial charge in [-0.25, -0.2) is 0 Å². The van der Waals surface area contributed by atoms with Crippen LogP contribution in [0.15, 0.2) is 11.6 Å². The van der Waals surface area contributed by atoms with E-state index in [4.69, 9.17) is 5.11 Å². The third-order valence-electron chi connectivity index (χ3n) is 2.07. The Morgan fingerprint density at radius 3 is 2.38 bits per heavy atom. The van der Waals surface area contributed by atoms with Crippen LogP contribution in [0.4, 0.5) is 0 Å². The number of hydrogen-bond donors (Lipinski definition) is 3. The summed E-state index contributed by atoms with van der Waals surface area (Å²) in [6.07, 6.45) is 2.21. The Bertz CT molecular complexity index is 167. The minimum absolute atomic E-state index is 0.0322. The lowest BCUT2D eigenvalue weighted by atomic mass is 9.96. The molecule has 0 saturated heterocycles. The zero-order valence-corrected chi connectivity index (χ0v) is 8.62. The smallest absolute Gasteiger partial charge is 0.0849 e. The van der Waals surface area contributed by atoms with Crippen molar-refractivity contribution in [2.75, 3.05) is 6.61 Å². The SMILES string of the molecule is C/C(=C\CO)CC[C@H](O)C(C)(C)O. The highest BCUT2D eigenvalue weighted by molar-refractivity contribution is 4.98. The van der Waals surface area contributed by atoms with Crippen LogP contribution in [0.2, 0.25) is 0 Å². The zero-order valence-electron chi connectivity index (χ0n) is 8.62. The Kier molecular flexibility index (Phi) is 5.21. The Balaban J connectivity index is 3.83. The molecular formula is C10H20O3. The quantitative estimate of drug-likeness (QED) is 0.560. The van der Waals surface area contributed by atoms with E-state index in [1.54, 1.807) is 19.9 Å². The van der Waals surface area contributed by atoms with Crippen molar-refractivity contribution >= 4 is 0 Å². The molecule has 3 heteroatoms. The Hall–Kier alpha value is -0.380. The van der Waals surface area contributed by atoms with E-state index in [1.165, 1.54) is 0 Å². The predicted molar refractivity (Wildman–Crippen MR) is 52.4 cm³/mol. The summed E-state index contributed by atoms with van der Waals surface area (Å²) in [5.74, 6) is 0. The molecule has 13 heavy (non-hydrogen) atoms. The molecule has 0 spiro atoms. The van der Waals surface area contributed by atoms with Crippen LogP contribution in [0.25, 0.3) is 0 Å². The monoisotopic (exact) mass is 188 g/mol. The lowest BCUT2D eigenvalue weighted by Gasteiger charge is -2.24. The van der Waals surface area contributed by atoms with Crippen LogP contribution in [-0.2, 0) is 0 Å². The molecule has 0 amide bonds. The second-order valence-corrected chi connectivity index (χ2v) is 3.94. The summed E-state index contributed by atoms with van der Waals surface area (Å²) in [4.78, 5) is 0. The molecule has 0 aliphatic carbocycles. The second kappa shape index (κ2) is 5.37. The van der Waals surface area contributed by atoms with E-state index in [-0.39, 0.29) is 6.61 Å². The number of allylic oxidation sites excluding steroid dienone is 1. The molecule has 3 N–H and O–H groups in total. The highest BCUT2D eigenvalue weighted by Crippen LogP contribution is 2.16. The van der Waals surface area contributed by atoms with Crippen LogP contribution in [0.3, 0.4) is 0 Å². The topological polar surface area (TPSA) is 60.7 Å². The molecule has 0 fully saturated rings. The van der Waals surface area contributed by atoms with Crippen LogP contribution in [-0.4, -0.2) is 33.6 Å². The third-order valence-corrected chi connectivity index (χ3v) is 2.07. The summed E-state index contributed by atoms with van der Waals surface area (Å²) in [5.41, 5.74) is -0.00902. The first kappa shape index (κ1) is 12.6. The van der Waals surface area contributed by atoms with Crippen LogP contribution in [0, 0.1) is 0 Å². The van der Waals surface area contributed by atoms with Gasteiger partial charge >= 0.3 is 0 Å². The van der Waals surface area contributed by atoms with E-state index in [1.807, 2.05) is 6.92 Å². The summed E-state index contributed by atoms with van der Waals surface area (Å²) in [5, 5.41) is 27.4. The van der Waals surface area contributed by atoms with Gasteiger partial charge in [-0.1, -0.05) is 11.6 Å². The highest BCUT2D eigenvalue weighted by atomic mass is 16.3. The highest BCUT2D eigenvalue weighted by Gasteiger charge is 2.23. The molecule has 0 aromatic rings. The molecule has 1 atom stereocenters. The van der Waals surface area contributed by atoms with Crippen LogP contribution < -0.4 is 0 Å². The fourth-order valence-electron chi connectivity index (χ4n) is 0.976. The number of rotatable bonds is 5. The van der Waals surface area contributed by atoms with Gasteiger partial charge in [-0.3, -0.25) is 0 Å². The van der Waals surface area contributed by atoms with Crippen molar-refractivity contribution in [1.29, 1.82) is 0 Å². The molecule has 0 saturated carbocycles. The van der Waals surface area contributed by atoms with Gasteiger partial charge in [-0.05, 0) is 33.6 Å². The summed E-state index contributed by atoms with van der Waals surface area (Å²) < 4.78 is 0. The summed E-state index contributed by atoms with van der Waals surface area (Å²) in [7, 11) is 0. The molecule has 0 rings (SSSR count). The summed E-state index contributed by atoms with van der Waals surface area (Å²) in [6.45, 7) is 5.10. The lowest BCUT2D eigenvalue weighted by molar-refractivity contribution is -0.0509. The van der Waals surface area contributed by atoms with Gasteiger partial charge in [-0.2, -0.15) is 0 Å². The van der Waals surface area contributed by atoms with Crippen LogP contribution in [0.1, 0.15) is 33.6 Å². The molecule has 0 radical (unpaired) electrons. The minimum atomic E-state index is -1.04. The van der Waals surface area contributed by atoms with E-state index in [9.17, 15) is 10.2 Å². The Morgan fingerprint density at radius 2 is 2.00 bits per heavy atom. The lowest BCUT2D eigenvalue weighted by Crippen LogP contribution is -2.35. The number of hydrogen-bond acceptors (Lipinski definition) is 3. The molecule has 0 aliphatic rings. The van der Waals surface area contributed by atoms with Gasteiger partial charge in [0.25, 0.3) is 0 Å². The Labute approximate surface area is 79.7 Å². The summed E-state index contributed by atoms with van der Waals surface area (Å²) in [6, 6.07) is 0. The molecule has 78 valence electrons. The molecule has 0 aromatic carbocycles. The van der Waals surface area contributed by atoms with Gasteiger partial charge < -0.3 is 15.3 Å². The van der Waals surface area contributed by atoms with Crippen molar-refractivity contribution in [1.82, 2.24) is 0 Å². The van der Waals surface area contributed by atoms with Crippen molar-refractivity contribution < 1.29 is 15.3 Å². The van der Waals surface area contributed by atoms with E-state index < -0.39 is 11.7 Å². The maximum atomic E-state index is 9.46. The molecule has 0 unspecified atom stereocenters. The van der Waals surface area contributed by atoms with Gasteiger partial charge in [0, 0.05) is 0 Å². The normalized spacial score (nSPS) is 16.0. The maximum Gasteiger partial charge on any atom is 0.0849 e. The predicted octanol–water partition coefficient (Wildman–Crippen LogP) is 0.837. The van der Waals surface area contributed by atoms with Crippen molar-refractivity contribution in [3.8, 4) is 0 Å². The van der Waals surface area contributed by atoms with Crippen molar-refractivity contribution in [2.24, 2.45) is 0 Å².